The molecular weight excluding hydrogens is 895 g/mol. The Bertz CT molecular complexity index is 2490. The predicted octanol–water partition coefficient (Wildman–Crippen LogP) is 8.20. The molecule has 0 fully saturated rings. The fourth-order valence-corrected chi connectivity index (χ4v) is 7.04. The predicted molar refractivity (Wildman–Crippen MR) is 216 cm³/mol. The van der Waals surface area contributed by atoms with Gasteiger partial charge in [0.15, 0.2) is 11.6 Å². The zero-order chi connectivity index (χ0) is 48.2. The Labute approximate surface area is 369 Å². The molecule has 0 radical (unpaired) electrons. The topological polar surface area (TPSA) is 136 Å². The van der Waals surface area contributed by atoms with Crippen LogP contribution in [0.4, 0.5) is 55.3 Å². The number of benzene rings is 4. The van der Waals surface area contributed by atoms with Crippen LogP contribution in [0.15, 0.2) is 122 Å². The molecule has 0 aliphatic rings. The lowest BCUT2D eigenvalue weighted by atomic mass is 9.71. The van der Waals surface area contributed by atoms with Gasteiger partial charge in [-0.1, -0.05) is 24.3 Å². The standard InChI is InChI=1S/C46H36F10N4O6/c1-66-40-23-37(15-17-39(40)50)60(21-19-35-13-7-31(25-58-35)46(54,55)56)42(63)44(65,29-4-10-33(48)11-5-29)43(64,28-2-8-32(47)9-3-28)41(62)59(36-14-16-38(49)27(22-36)26-61)20-18-34-12-6-30(24-57-34)45(51,52)53/h2-17,22-25,61,64-65H,18-21,26H2,1H3/t43-,44+/m1/s1. The largest absolute Gasteiger partial charge is 0.494 e. The highest BCUT2D eigenvalue weighted by molar-refractivity contribution is 6.10. The first-order valence-electron chi connectivity index (χ1n) is 19.5. The summed E-state index contributed by atoms with van der Waals surface area (Å²) in [6.45, 7) is -2.25. The zero-order valence-electron chi connectivity index (χ0n) is 34.2. The van der Waals surface area contributed by atoms with Crippen LogP contribution in [0, 0.1) is 23.3 Å². The summed E-state index contributed by atoms with van der Waals surface area (Å²) in [5.74, 6) is -7.51. The first-order valence-corrected chi connectivity index (χ1v) is 19.5. The Hall–Kier alpha value is -6.90. The molecule has 0 spiro atoms. The van der Waals surface area contributed by atoms with Gasteiger partial charge in [-0.15, -0.1) is 0 Å². The smallest absolute Gasteiger partial charge is 0.417 e. The number of hydrogen-bond donors (Lipinski definition) is 3. The van der Waals surface area contributed by atoms with Crippen LogP contribution in [-0.4, -0.2) is 57.3 Å². The molecule has 0 aliphatic carbocycles. The van der Waals surface area contributed by atoms with E-state index < -0.39 is 125 Å². The monoisotopic (exact) mass is 930 g/mol. The van der Waals surface area contributed by atoms with Crippen LogP contribution in [-0.2, 0) is 52.6 Å². The Morgan fingerprint density at radius 2 is 0.955 bits per heavy atom. The van der Waals surface area contributed by atoms with E-state index in [2.05, 4.69) is 9.97 Å². The molecule has 4 aromatic carbocycles. The van der Waals surface area contributed by atoms with E-state index >= 15 is 9.59 Å². The van der Waals surface area contributed by atoms with Crippen LogP contribution in [0.5, 0.6) is 5.75 Å². The molecule has 10 nitrogen and oxygen atoms in total. The molecule has 0 bridgehead atoms. The van der Waals surface area contributed by atoms with E-state index in [0.29, 0.717) is 34.3 Å². The number of halogens is 10. The average molecular weight is 931 g/mol. The fraction of sp³-hybridized carbons (Fsp3) is 0.217. The van der Waals surface area contributed by atoms with Crippen molar-refractivity contribution >= 4 is 23.2 Å². The molecule has 3 N–H and O–H groups in total. The summed E-state index contributed by atoms with van der Waals surface area (Å²) >= 11 is 0. The van der Waals surface area contributed by atoms with Gasteiger partial charge in [-0.05, 0) is 90.0 Å². The highest BCUT2D eigenvalue weighted by Crippen LogP contribution is 2.46. The minimum atomic E-state index is -4.77. The molecule has 6 rings (SSSR count). The van der Waals surface area contributed by atoms with Gasteiger partial charge in [-0.3, -0.25) is 19.6 Å². The van der Waals surface area contributed by atoms with E-state index in [1.54, 1.807) is 0 Å². The highest BCUT2D eigenvalue weighted by Gasteiger charge is 2.64. The lowest BCUT2D eigenvalue weighted by Crippen LogP contribution is -2.66. The van der Waals surface area contributed by atoms with Crippen molar-refractivity contribution in [3.05, 3.63) is 184 Å². The molecule has 20 heteroatoms. The average Bonchev–Trinajstić information content (AvgIpc) is 3.29. The van der Waals surface area contributed by atoms with Crippen molar-refractivity contribution in [2.45, 2.75) is 43.0 Å². The maximum atomic E-state index is 15.6. The van der Waals surface area contributed by atoms with E-state index in [0.717, 1.165) is 104 Å². The van der Waals surface area contributed by atoms with Gasteiger partial charge in [0.05, 0.1) is 24.8 Å². The van der Waals surface area contributed by atoms with Gasteiger partial charge in [0.2, 0.25) is 11.2 Å². The van der Waals surface area contributed by atoms with E-state index in [1.807, 2.05) is 0 Å². The second-order valence-electron chi connectivity index (χ2n) is 14.7. The van der Waals surface area contributed by atoms with Crippen molar-refractivity contribution in [3.8, 4) is 5.75 Å². The second-order valence-corrected chi connectivity index (χ2v) is 14.7. The summed E-state index contributed by atoms with van der Waals surface area (Å²) in [6, 6.07) is 15.4. The van der Waals surface area contributed by atoms with Gasteiger partial charge in [0.25, 0.3) is 11.8 Å². The molecule has 6 aromatic rings. The number of hydrogen-bond acceptors (Lipinski definition) is 8. The normalized spacial score (nSPS) is 13.7. The number of amides is 2. The lowest BCUT2D eigenvalue weighted by Gasteiger charge is -2.46. The number of aliphatic hydroxyl groups excluding tert-OH is 1. The van der Waals surface area contributed by atoms with E-state index in [-0.39, 0.29) is 22.8 Å². The Morgan fingerprint density at radius 1 is 0.561 bits per heavy atom. The van der Waals surface area contributed by atoms with Crippen molar-refractivity contribution in [2.24, 2.45) is 0 Å². The van der Waals surface area contributed by atoms with E-state index in [1.165, 1.54) is 0 Å². The second kappa shape index (κ2) is 19.3. The van der Waals surface area contributed by atoms with Crippen LogP contribution in [0.1, 0.15) is 39.2 Å². The molecule has 2 heterocycles. The first kappa shape index (κ1) is 48.6. The fourth-order valence-electron chi connectivity index (χ4n) is 7.04. The number of pyridine rings is 2. The third-order valence-corrected chi connectivity index (χ3v) is 10.6. The third kappa shape index (κ3) is 9.99. The van der Waals surface area contributed by atoms with E-state index in [9.17, 15) is 59.2 Å². The zero-order valence-corrected chi connectivity index (χ0v) is 34.2. The third-order valence-electron chi connectivity index (χ3n) is 10.6. The van der Waals surface area contributed by atoms with Crippen LogP contribution < -0.4 is 14.5 Å². The van der Waals surface area contributed by atoms with Gasteiger partial charge < -0.3 is 29.9 Å². The molecule has 66 heavy (non-hydrogen) atoms. The van der Waals surface area contributed by atoms with Crippen molar-refractivity contribution in [3.63, 3.8) is 0 Å². The minimum Gasteiger partial charge on any atom is -0.494 e. The number of methoxy groups -OCH3 is 1. The van der Waals surface area contributed by atoms with Gasteiger partial charge in [-0.2, -0.15) is 26.3 Å². The van der Waals surface area contributed by atoms with Crippen molar-refractivity contribution in [1.82, 2.24) is 9.97 Å². The van der Waals surface area contributed by atoms with Gasteiger partial charge >= 0.3 is 12.4 Å². The number of alkyl halides is 6. The number of carbonyl (C=O) groups is 2. The summed E-state index contributed by atoms with van der Waals surface area (Å²) in [4.78, 5) is 40.3. The maximum absolute atomic E-state index is 15.6. The van der Waals surface area contributed by atoms with Crippen LogP contribution in [0.2, 0.25) is 0 Å². The van der Waals surface area contributed by atoms with Gasteiger partial charge in [-0.25, -0.2) is 17.6 Å². The summed E-state index contributed by atoms with van der Waals surface area (Å²) in [5.41, 5.74) is -12.1. The van der Waals surface area contributed by atoms with Crippen molar-refractivity contribution in [1.29, 1.82) is 0 Å². The maximum Gasteiger partial charge on any atom is 0.417 e. The molecular formula is C46H36F10N4O6. The number of aromatic nitrogens is 2. The molecule has 0 saturated carbocycles. The van der Waals surface area contributed by atoms with E-state index in [4.69, 9.17) is 4.74 Å². The summed E-state index contributed by atoms with van der Waals surface area (Å²) in [5, 5.41) is 36.7. The lowest BCUT2D eigenvalue weighted by molar-refractivity contribution is -0.188. The van der Waals surface area contributed by atoms with Crippen molar-refractivity contribution in [2.75, 3.05) is 30.0 Å². The summed E-state index contributed by atoms with van der Waals surface area (Å²) < 4.78 is 145. The Kier molecular flexibility index (Phi) is 14.2. The number of carbonyl (C=O) groups excluding carboxylic acids is 2. The van der Waals surface area contributed by atoms with Gasteiger partial charge in [0, 0.05) is 72.7 Å². The summed E-state index contributed by atoms with van der Waals surface area (Å²) in [7, 11) is 1.08. The molecule has 2 amide bonds. The molecule has 2 aromatic heterocycles. The van der Waals surface area contributed by atoms with Gasteiger partial charge in [0.1, 0.15) is 17.5 Å². The number of rotatable bonds is 15. The number of ether oxygens (including phenoxy) is 1. The molecule has 2 atom stereocenters. The SMILES string of the molecule is COc1cc(N(CCc2ccc(C(F)(F)F)cn2)C(=O)[C@@](O)(c2ccc(F)cc2)[C@](O)(C(=O)N(CCc2ccc(C(F)(F)F)cn2)c2ccc(F)c(CO)c2)c2ccc(F)cc2)ccc1F. The summed E-state index contributed by atoms with van der Waals surface area (Å²) in [6.07, 6.45) is -9.32. The van der Waals surface area contributed by atoms with Crippen LogP contribution in [0.3, 0.4) is 0 Å². The molecule has 0 saturated heterocycles. The highest BCUT2D eigenvalue weighted by atomic mass is 19.4. The Balaban J connectivity index is 1.59. The number of nitrogens with zero attached hydrogens (tertiary/aromatic N) is 4. The molecule has 0 unspecified atom stereocenters. The Morgan fingerprint density at radius 3 is 1.32 bits per heavy atom. The first-order chi connectivity index (χ1) is 31.1. The molecule has 0 aliphatic heterocycles. The number of aliphatic hydroxyl groups is 3. The number of anilines is 2. The quantitative estimate of drug-likeness (QED) is 0.0878. The van der Waals surface area contributed by atoms with Crippen LogP contribution in [0.25, 0.3) is 0 Å². The minimum absolute atomic E-state index is 0.0517. The van der Waals surface area contributed by atoms with Crippen molar-refractivity contribution < 1.29 is 73.5 Å². The van der Waals surface area contributed by atoms with Crippen LogP contribution >= 0.6 is 0 Å². The molecule has 346 valence electrons.